The number of hydrogen-bond acceptors (Lipinski definition) is 3. The van der Waals surface area contributed by atoms with Crippen molar-refractivity contribution >= 4 is 5.82 Å². The quantitative estimate of drug-likeness (QED) is 0.790. The Morgan fingerprint density at radius 1 is 1.12 bits per heavy atom. The van der Waals surface area contributed by atoms with Crippen molar-refractivity contribution < 1.29 is 0 Å². The zero-order valence-corrected chi connectivity index (χ0v) is 10.0. The summed E-state index contributed by atoms with van der Waals surface area (Å²) in [7, 11) is 0. The SMILES string of the molecule is Cc1ccccc1-n1ncc(N2CCCC2)n1. The molecule has 1 aliphatic rings. The molecule has 4 nitrogen and oxygen atoms in total. The normalized spacial score (nSPS) is 15.5. The maximum atomic E-state index is 4.55. The summed E-state index contributed by atoms with van der Waals surface area (Å²) in [5, 5.41) is 8.91. The number of para-hydroxylation sites is 1. The first kappa shape index (κ1) is 10.3. The van der Waals surface area contributed by atoms with Crippen LogP contribution in [-0.2, 0) is 0 Å². The summed E-state index contributed by atoms with van der Waals surface area (Å²) >= 11 is 0. The predicted octanol–water partition coefficient (Wildman–Crippen LogP) is 2.18. The topological polar surface area (TPSA) is 34.0 Å². The van der Waals surface area contributed by atoms with Gasteiger partial charge in [0.2, 0.25) is 0 Å². The van der Waals surface area contributed by atoms with Crippen molar-refractivity contribution in [3.8, 4) is 5.69 Å². The third-order valence-corrected chi connectivity index (χ3v) is 3.24. The van der Waals surface area contributed by atoms with E-state index in [4.69, 9.17) is 0 Å². The van der Waals surface area contributed by atoms with Gasteiger partial charge in [0.1, 0.15) is 0 Å². The second-order valence-corrected chi connectivity index (χ2v) is 4.47. The van der Waals surface area contributed by atoms with Crippen LogP contribution in [0, 0.1) is 6.92 Å². The number of aromatic nitrogens is 3. The van der Waals surface area contributed by atoms with E-state index >= 15 is 0 Å². The van der Waals surface area contributed by atoms with Crippen LogP contribution in [0.4, 0.5) is 5.82 Å². The average molecular weight is 228 g/mol. The van der Waals surface area contributed by atoms with Gasteiger partial charge in [-0.1, -0.05) is 18.2 Å². The fraction of sp³-hybridized carbons (Fsp3) is 0.385. The Hall–Kier alpha value is -1.84. The van der Waals surface area contributed by atoms with Crippen molar-refractivity contribution in [2.75, 3.05) is 18.0 Å². The number of nitrogens with zero attached hydrogens (tertiary/aromatic N) is 4. The van der Waals surface area contributed by atoms with Gasteiger partial charge in [-0.15, -0.1) is 9.90 Å². The first-order valence-corrected chi connectivity index (χ1v) is 6.08. The van der Waals surface area contributed by atoms with Crippen molar-refractivity contribution in [3.63, 3.8) is 0 Å². The summed E-state index contributed by atoms with van der Waals surface area (Å²) in [6.45, 7) is 4.28. The number of benzene rings is 1. The van der Waals surface area contributed by atoms with E-state index in [0.29, 0.717) is 0 Å². The zero-order valence-electron chi connectivity index (χ0n) is 10.0. The molecule has 0 spiro atoms. The Morgan fingerprint density at radius 3 is 2.65 bits per heavy atom. The number of rotatable bonds is 2. The van der Waals surface area contributed by atoms with Gasteiger partial charge >= 0.3 is 0 Å². The Bertz CT molecular complexity index is 512. The van der Waals surface area contributed by atoms with Gasteiger partial charge < -0.3 is 4.90 Å². The highest BCUT2D eigenvalue weighted by Gasteiger charge is 2.15. The van der Waals surface area contributed by atoms with Crippen LogP contribution in [0.2, 0.25) is 0 Å². The Morgan fingerprint density at radius 2 is 1.88 bits per heavy atom. The van der Waals surface area contributed by atoms with E-state index in [1.807, 2.05) is 24.4 Å². The van der Waals surface area contributed by atoms with Crippen molar-refractivity contribution in [3.05, 3.63) is 36.0 Å². The van der Waals surface area contributed by atoms with Crippen LogP contribution in [0.1, 0.15) is 18.4 Å². The van der Waals surface area contributed by atoms with E-state index in [0.717, 1.165) is 24.6 Å². The first-order chi connectivity index (χ1) is 8.34. The third kappa shape index (κ3) is 1.90. The molecule has 1 saturated heterocycles. The van der Waals surface area contributed by atoms with Crippen LogP contribution in [0.3, 0.4) is 0 Å². The molecule has 0 aliphatic carbocycles. The lowest BCUT2D eigenvalue weighted by atomic mass is 10.2. The standard InChI is InChI=1S/C13H16N4/c1-11-6-2-3-7-12(11)17-14-10-13(15-17)16-8-4-5-9-16/h2-3,6-7,10H,4-5,8-9H2,1H3. The van der Waals surface area contributed by atoms with Gasteiger partial charge in [-0.05, 0) is 31.4 Å². The molecule has 3 rings (SSSR count). The summed E-state index contributed by atoms with van der Waals surface area (Å²) in [5.41, 5.74) is 2.24. The van der Waals surface area contributed by atoms with Crippen LogP contribution in [0.15, 0.2) is 30.5 Å². The maximum absolute atomic E-state index is 4.55. The van der Waals surface area contributed by atoms with E-state index in [1.165, 1.54) is 18.4 Å². The molecule has 0 saturated carbocycles. The first-order valence-electron chi connectivity index (χ1n) is 6.08. The minimum atomic E-state index is 0.991. The molecule has 1 aromatic carbocycles. The zero-order chi connectivity index (χ0) is 11.7. The molecule has 4 heteroatoms. The third-order valence-electron chi connectivity index (χ3n) is 3.24. The summed E-state index contributed by atoms with van der Waals surface area (Å²) < 4.78 is 0. The molecule has 17 heavy (non-hydrogen) atoms. The summed E-state index contributed by atoms with van der Waals surface area (Å²) in [4.78, 5) is 4.02. The van der Waals surface area contributed by atoms with Gasteiger partial charge in [-0.3, -0.25) is 0 Å². The van der Waals surface area contributed by atoms with E-state index in [-0.39, 0.29) is 0 Å². The fourth-order valence-corrected chi connectivity index (χ4v) is 2.25. The van der Waals surface area contributed by atoms with Gasteiger partial charge in [-0.25, -0.2) is 0 Å². The van der Waals surface area contributed by atoms with Crippen LogP contribution in [-0.4, -0.2) is 28.1 Å². The second-order valence-electron chi connectivity index (χ2n) is 4.47. The lowest BCUT2D eigenvalue weighted by Crippen LogP contribution is -2.18. The van der Waals surface area contributed by atoms with Crippen LogP contribution >= 0.6 is 0 Å². The number of anilines is 1. The summed E-state index contributed by atoms with van der Waals surface area (Å²) in [6.07, 6.45) is 4.38. The molecule has 2 aromatic rings. The average Bonchev–Trinajstić information content (AvgIpc) is 3.00. The highest BCUT2D eigenvalue weighted by atomic mass is 15.5. The van der Waals surface area contributed by atoms with E-state index in [1.54, 1.807) is 4.80 Å². The molecule has 1 aliphatic heterocycles. The summed E-state index contributed by atoms with van der Waals surface area (Å²) in [5.74, 6) is 0.991. The Kier molecular flexibility index (Phi) is 2.55. The molecule has 88 valence electrons. The number of hydrogen-bond donors (Lipinski definition) is 0. The van der Waals surface area contributed by atoms with Crippen LogP contribution in [0.5, 0.6) is 0 Å². The molecular formula is C13H16N4. The monoisotopic (exact) mass is 228 g/mol. The largest absolute Gasteiger partial charge is 0.354 e. The van der Waals surface area contributed by atoms with E-state index < -0.39 is 0 Å². The molecular weight excluding hydrogens is 212 g/mol. The maximum Gasteiger partial charge on any atom is 0.171 e. The molecule has 0 N–H and O–H groups in total. The minimum Gasteiger partial charge on any atom is -0.354 e. The molecule has 0 radical (unpaired) electrons. The van der Waals surface area contributed by atoms with E-state index in [2.05, 4.69) is 28.1 Å². The summed E-state index contributed by atoms with van der Waals surface area (Å²) in [6, 6.07) is 8.17. The molecule has 0 unspecified atom stereocenters. The highest BCUT2D eigenvalue weighted by Crippen LogP contribution is 2.18. The van der Waals surface area contributed by atoms with Gasteiger partial charge in [0, 0.05) is 13.1 Å². The molecule has 1 fully saturated rings. The molecule has 0 bridgehead atoms. The highest BCUT2D eigenvalue weighted by molar-refractivity contribution is 5.41. The molecule has 2 heterocycles. The molecule has 1 aromatic heterocycles. The Labute approximate surface area is 101 Å². The van der Waals surface area contributed by atoms with Crippen molar-refractivity contribution in [1.29, 1.82) is 0 Å². The molecule has 0 amide bonds. The lowest BCUT2D eigenvalue weighted by molar-refractivity contribution is 0.741. The van der Waals surface area contributed by atoms with Gasteiger partial charge in [0.15, 0.2) is 5.82 Å². The number of aryl methyl sites for hydroxylation is 1. The van der Waals surface area contributed by atoms with Crippen molar-refractivity contribution in [1.82, 2.24) is 15.0 Å². The van der Waals surface area contributed by atoms with Crippen molar-refractivity contribution in [2.24, 2.45) is 0 Å². The van der Waals surface area contributed by atoms with Crippen molar-refractivity contribution in [2.45, 2.75) is 19.8 Å². The van der Waals surface area contributed by atoms with Gasteiger partial charge in [0.25, 0.3) is 0 Å². The minimum absolute atomic E-state index is 0.991. The smallest absolute Gasteiger partial charge is 0.171 e. The molecule has 0 atom stereocenters. The fourth-order valence-electron chi connectivity index (χ4n) is 2.25. The Balaban J connectivity index is 1.92. The van der Waals surface area contributed by atoms with E-state index in [9.17, 15) is 0 Å². The van der Waals surface area contributed by atoms with Crippen LogP contribution < -0.4 is 4.90 Å². The predicted molar refractivity (Wildman–Crippen MR) is 67.5 cm³/mol. The van der Waals surface area contributed by atoms with Crippen LogP contribution in [0.25, 0.3) is 5.69 Å². The lowest BCUT2D eigenvalue weighted by Gasteiger charge is -2.12. The van der Waals surface area contributed by atoms with Gasteiger partial charge in [-0.2, -0.15) is 5.10 Å². The van der Waals surface area contributed by atoms with Gasteiger partial charge in [0.05, 0.1) is 11.9 Å². The second kappa shape index (κ2) is 4.20.